The molecule has 1 aromatic rings. The van der Waals surface area contributed by atoms with Gasteiger partial charge in [-0.25, -0.2) is 0 Å². The summed E-state index contributed by atoms with van der Waals surface area (Å²) in [6.45, 7) is 2.89. The normalized spacial score (nSPS) is 28.7. The van der Waals surface area contributed by atoms with Gasteiger partial charge in [-0.1, -0.05) is 28.1 Å². The van der Waals surface area contributed by atoms with E-state index in [2.05, 4.69) is 44.3 Å². The van der Waals surface area contributed by atoms with Crippen LogP contribution in [0.15, 0.2) is 28.7 Å². The lowest BCUT2D eigenvalue weighted by molar-refractivity contribution is -0.131. The third-order valence-corrected chi connectivity index (χ3v) is 4.97. The average Bonchev–Trinajstić information content (AvgIpc) is 3.11. The molecular weight excluding hydrogens is 316 g/mol. The maximum atomic E-state index is 12.5. The first-order valence-electron chi connectivity index (χ1n) is 7.38. The molecule has 0 unspecified atom stereocenters. The summed E-state index contributed by atoms with van der Waals surface area (Å²) in [5.74, 6) is 1.65. The molecule has 0 aromatic heterocycles. The van der Waals surface area contributed by atoms with Gasteiger partial charge >= 0.3 is 0 Å². The highest BCUT2D eigenvalue weighted by Crippen LogP contribution is 2.49. The quantitative estimate of drug-likeness (QED) is 0.916. The molecule has 0 radical (unpaired) electrons. The van der Waals surface area contributed by atoms with Crippen molar-refractivity contribution in [1.29, 1.82) is 0 Å². The molecule has 1 N–H and O–H groups in total. The predicted octanol–water partition coefficient (Wildman–Crippen LogP) is 2.62. The summed E-state index contributed by atoms with van der Waals surface area (Å²) < 4.78 is 1.10. The highest BCUT2D eigenvalue weighted by atomic mass is 79.9. The number of carbonyl (C=O) groups excluding carboxylic acids is 1. The van der Waals surface area contributed by atoms with Crippen molar-refractivity contribution in [3.8, 4) is 0 Å². The molecule has 1 amide bonds. The van der Waals surface area contributed by atoms with Gasteiger partial charge in [0.1, 0.15) is 0 Å². The fourth-order valence-corrected chi connectivity index (χ4v) is 3.71. The third-order valence-electron chi connectivity index (χ3n) is 4.47. The highest BCUT2D eigenvalue weighted by Gasteiger charge is 2.46. The van der Waals surface area contributed by atoms with Gasteiger partial charge in [0.25, 0.3) is 0 Å². The van der Waals surface area contributed by atoms with E-state index in [1.165, 1.54) is 5.56 Å². The number of hydrogen-bond donors (Lipinski definition) is 1. The van der Waals surface area contributed by atoms with E-state index in [-0.39, 0.29) is 5.92 Å². The lowest BCUT2D eigenvalue weighted by Gasteiger charge is -2.16. The highest BCUT2D eigenvalue weighted by molar-refractivity contribution is 9.10. The van der Waals surface area contributed by atoms with E-state index < -0.39 is 0 Å². The van der Waals surface area contributed by atoms with Crippen molar-refractivity contribution in [3.05, 3.63) is 34.3 Å². The molecule has 4 heteroatoms. The van der Waals surface area contributed by atoms with Gasteiger partial charge in [0, 0.05) is 23.5 Å². The summed E-state index contributed by atoms with van der Waals surface area (Å²) >= 11 is 3.50. The molecule has 108 valence electrons. The van der Waals surface area contributed by atoms with Crippen LogP contribution in [0.2, 0.25) is 0 Å². The van der Waals surface area contributed by atoms with E-state index in [1.807, 2.05) is 13.1 Å². The van der Waals surface area contributed by atoms with Crippen LogP contribution in [0.5, 0.6) is 0 Å². The standard InChI is InChI=1S/C16H21BrN2O/c1-18-9-11-5-6-19(10-11)16(20)15-8-14(15)12-3-2-4-13(17)7-12/h2-4,7,11,14-15,18H,5-6,8-10H2,1H3/t11-,14-,15+/m0/s1. The Morgan fingerprint density at radius 2 is 2.35 bits per heavy atom. The minimum absolute atomic E-state index is 0.220. The molecule has 20 heavy (non-hydrogen) atoms. The zero-order valence-corrected chi connectivity index (χ0v) is 13.4. The number of benzene rings is 1. The summed E-state index contributed by atoms with van der Waals surface area (Å²) in [4.78, 5) is 14.6. The zero-order valence-electron chi connectivity index (χ0n) is 11.8. The van der Waals surface area contributed by atoms with Crippen LogP contribution in [-0.4, -0.2) is 37.5 Å². The monoisotopic (exact) mass is 336 g/mol. The number of hydrogen-bond acceptors (Lipinski definition) is 2. The van der Waals surface area contributed by atoms with E-state index in [9.17, 15) is 4.79 Å². The number of rotatable bonds is 4. The van der Waals surface area contributed by atoms with Crippen molar-refractivity contribution in [2.75, 3.05) is 26.7 Å². The second-order valence-corrected chi connectivity index (χ2v) is 6.92. The Kier molecular flexibility index (Phi) is 4.13. The third kappa shape index (κ3) is 2.91. The van der Waals surface area contributed by atoms with Crippen molar-refractivity contribution in [3.63, 3.8) is 0 Å². The Morgan fingerprint density at radius 1 is 1.50 bits per heavy atom. The van der Waals surface area contributed by atoms with E-state index in [1.54, 1.807) is 0 Å². The van der Waals surface area contributed by atoms with Crippen molar-refractivity contribution in [2.45, 2.75) is 18.8 Å². The molecule has 3 nitrogen and oxygen atoms in total. The van der Waals surface area contributed by atoms with Crippen LogP contribution in [-0.2, 0) is 4.79 Å². The Morgan fingerprint density at radius 3 is 3.10 bits per heavy atom. The van der Waals surface area contributed by atoms with Gasteiger partial charge < -0.3 is 10.2 Å². The van der Waals surface area contributed by atoms with Crippen molar-refractivity contribution in [2.24, 2.45) is 11.8 Å². The maximum Gasteiger partial charge on any atom is 0.226 e. The van der Waals surface area contributed by atoms with Crippen LogP contribution in [0, 0.1) is 11.8 Å². The topological polar surface area (TPSA) is 32.3 Å². The fourth-order valence-electron chi connectivity index (χ4n) is 3.30. The van der Waals surface area contributed by atoms with Crippen LogP contribution < -0.4 is 5.32 Å². The number of amides is 1. The van der Waals surface area contributed by atoms with Crippen molar-refractivity contribution >= 4 is 21.8 Å². The van der Waals surface area contributed by atoms with Gasteiger partial charge in [-0.2, -0.15) is 0 Å². The summed E-state index contributed by atoms with van der Waals surface area (Å²) in [7, 11) is 1.98. The Labute approximate surface area is 128 Å². The van der Waals surface area contributed by atoms with Crippen LogP contribution in [0.4, 0.5) is 0 Å². The number of carbonyl (C=O) groups is 1. The molecule has 1 heterocycles. The van der Waals surface area contributed by atoms with Gasteiger partial charge in [-0.15, -0.1) is 0 Å². The minimum Gasteiger partial charge on any atom is -0.342 e. The first kappa shape index (κ1) is 14.1. The Hall–Kier alpha value is -0.870. The van der Waals surface area contributed by atoms with Gasteiger partial charge in [0.05, 0.1) is 0 Å². The van der Waals surface area contributed by atoms with E-state index in [0.29, 0.717) is 17.7 Å². The van der Waals surface area contributed by atoms with Gasteiger partial charge in [0.2, 0.25) is 5.91 Å². The largest absolute Gasteiger partial charge is 0.342 e. The van der Waals surface area contributed by atoms with Crippen LogP contribution in [0.25, 0.3) is 0 Å². The predicted molar refractivity (Wildman–Crippen MR) is 83.6 cm³/mol. The van der Waals surface area contributed by atoms with E-state index in [4.69, 9.17) is 0 Å². The lowest BCUT2D eigenvalue weighted by atomic mass is 10.1. The Bertz CT molecular complexity index is 505. The second-order valence-electron chi connectivity index (χ2n) is 6.00. The van der Waals surface area contributed by atoms with Gasteiger partial charge in [0.15, 0.2) is 0 Å². The lowest BCUT2D eigenvalue weighted by Crippen LogP contribution is -2.31. The van der Waals surface area contributed by atoms with Crippen LogP contribution >= 0.6 is 15.9 Å². The first-order valence-corrected chi connectivity index (χ1v) is 8.17. The number of likely N-dealkylation sites (tertiary alicyclic amines) is 1. The van der Waals surface area contributed by atoms with Gasteiger partial charge in [-0.3, -0.25) is 4.79 Å². The van der Waals surface area contributed by atoms with Gasteiger partial charge in [-0.05, 0) is 56.0 Å². The minimum atomic E-state index is 0.220. The molecule has 1 aliphatic heterocycles. The number of halogens is 1. The summed E-state index contributed by atoms with van der Waals surface area (Å²) in [6.07, 6.45) is 2.16. The summed E-state index contributed by atoms with van der Waals surface area (Å²) in [6, 6.07) is 8.37. The molecule has 3 atom stereocenters. The molecule has 2 fully saturated rings. The van der Waals surface area contributed by atoms with Crippen LogP contribution in [0.1, 0.15) is 24.3 Å². The molecule has 0 bridgehead atoms. The molecule has 0 spiro atoms. The molecular formula is C16H21BrN2O. The fraction of sp³-hybridized carbons (Fsp3) is 0.562. The van der Waals surface area contributed by atoms with Crippen molar-refractivity contribution < 1.29 is 4.79 Å². The zero-order chi connectivity index (χ0) is 14.1. The summed E-state index contributed by atoms with van der Waals surface area (Å²) in [5.41, 5.74) is 1.30. The molecule has 3 rings (SSSR count). The molecule has 1 saturated carbocycles. The molecule has 2 aliphatic rings. The summed E-state index contributed by atoms with van der Waals surface area (Å²) in [5, 5.41) is 3.21. The van der Waals surface area contributed by atoms with Crippen molar-refractivity contribution in [1.82, 2.24) is 10.2 Å². The van der Waals surface area contributed by atoms with E-state index in [0.717, 1.165) is 36.9 Å². The number of nitrogens with one attached hydrogen (secondary N) is 1. The van der Waals surface area contributed by atoms with E-state index >= 15 is 0 Å². The molecule has 1 aliphatic carbocycles. The average molecular weight is 337 g/mol. The first-order chi connectivity index (χ1) is 9.69. The Balaban J connectivity index is 1.58. The SMILES string of the molecule is CNC[C@@H]1CCN(C(=O)[C@@H]2C[C@H]2c2cccc(Br)c2)C1. The maximum absolute atomic E-state index is 12.5. The van der Waals surface area contributed by atoms with Crippen LogP contribution in [0.3, 0.4) is 0 Å². The number of nitrogens with zero attached hydrogens (tertiary/aromatic N) is 1. The second kappa shape index (κ2) is 5.86. The smallest absolute Gasteiger partial charge is 0.226 e. The molecule has 1 aromatic carbocycles. The molecule has 1 saturated heterocycles.